The zero-order valence-electron chi connectivity index (χ0n) is 9.79. The lowest BCUT2D eigenvalue weighted by molar-refractivity contribution is 0.0980. The van der Waals surface area contributed by atoms with Gasteiger partial charge in [-0.15, -0.1) is 0 Å². The highest BCUT2D eigenvalue weighted by atomic mass is 32.2. The topological polar surface area (TPSA) is 63.2 Å². The number of rotatable bonds is 2. The number of sulfonamides is 1. The van der Waals surface area contributed by atoms with Crippen LogP contribution >= 0.6 is 0 Å². The van der Waals surface area contributed by atoms with E-state index in [1.165, 1.54) is 0 Å². The van der Waals surface area contributed by atoms with Gasteiger partial charge in [-0.05, 0) is 31.9 Å². The largest absolute Gasteiger partial charge is 0.268 e. The Morgan fingerprint density at radius 3 is 1.94 bits per heavy atom. The van der Waals surface area contributed by atoms with E-state index in [0.29, 0.717) is 5.56 Å². The fraction of sp³-hybridized carbons (Fsp3) is 0.364. The molecule has 1 amide bonds. The molecular formula is C11H15NO3S. The first-order chi connectivity index (χ1) is 7.20. The van der Waals surface area contributed by atoms with Gasteiger partial charge in [0.2, 0.25) is 10.0 Å². The molecule has 1 aromatic rings. The molecule has 0 aromatic heterocycles. The van der Waals surface area contributed by atoms with Crippen LogP contribution in [-0.4, -0.2) is 20.6 Å². The molecule has 0 saturated heterocycles. The highest BCUT2D eigenvalue weighted by Gasteiger charge is 2.15. The Morgan fingerprint density at radius 2 is 1.56 bits per heavy atom. The van der Waals surface area contributed by atoms with E-state index in [0.717, 1.165) is 22.9 Å². The number of carbonyl (C=O) groups excluding carboxylic acids is 1. The van der Waals surface area contributed by atoms with E-state index in [1.54, 1.807) is 13.8 Å². The predicted molar refractivity (Wildman–Crippen MR) is 63.0 cm³/mol. The van der Waals surface area contributed by atoms with Crippen molar-refractivity contribution in [2.24, 2.45) is 0 Å². The number of carbonyl (C=O) groups is 1. The van der Waals surface area contributed by atoms with Gasteiger partial charge >= 0.3 is 0 Å². The molecule has 0 bridgehead atoms. The highest BCUT2D eigenvalue weighted by molar-refractivity contribution is 7.89. The minimum Gasteiger partial charge on any atom is -0.268 e. The number of hydrogen-bond donors (Lipinski definition) is 1. The molecular weight excluding hydrogens is 226 g/mol. The summed E-state index contributed by atoms with van der Waals surface area (Å²) in [4.78, 5) is 11.7. The van der Waals surface area contributed by atoms with Gasteiger partial charge in [0.15, 0.2) is 0 Å². The van der Waals surface area contributed by atoms with Crippen LogP contribution in [0.2, 0.25) is 0 Å². The molecule has 0 saturated carbocycles. The summed E-state index contributed by atoms with van der Waals surface area (Å²) in [5.74, 6) is -0.572. The third-order valence-electron chi connectivity index (χ3n) is 2.18. The summed E-state index contributed by atoms with van der Waals surface area (Å²) >= 11 is 0. The van der Waals surface area contributed by atoms with Gasteiger partial charge in [0.05, 0.1) is 6.26 Å². The third-order valence-corrected chi connectivity index (χ3v) is 2.74. The number of amides is 1. The second-order valence-corrected chi connectivity index (χ2v) is 5.73. The molecule has 1 aromatic carbocycles. The zero-order chi connectivity index (χ0) is 12.5. The van der Waals surface area contributed by atoms with E-state index < -0.39 is 15.9 Å². The Labute approximate surface area is 95.7 Å². The number of aryl methyl sites for hydroxylation is 3. The lowest BCUT2D eigenvalue weighted by Gasteiger charge is -2.10. The van der Waals surface area contributed by atoms with Crippen LogP contribution in [-0.2, 0) is 10.0 Å². The molecule has 0 heterocycles. The van der Waals surface area contributed by atoms with Crippen LogP contribution in [0.15, 0.2) is 12.1 Å². The second kappa shape index (κ2) is 4.25. The average Bonchev–Trinajstić information content (AvgIpc) is 1.96. The maximum Gasteiger partial charge on any atom is 0.265 e. The number of nitrogens with one attached hydrogen (secondary N) is 1. The lowest BCUT2D eigenvalue weighted by atomic mass is 10.00. The molecule has 0 aliphatic heterocycles. The predicted octanol–water partition coefficient (Wildman–Crippen LogP) is 1.30. The first kappa shape index (κ1) is 12.7. The SMILES string of the molecule is Cc1cc(C)c(C(=O)NS(C)(=O)=O)c(C)c1. The zero-order valence-corrected chi connectivity index (χ0v) is 10.6. The van der Waals surface area contributed by atoms with Gasteiger partial charge in [-0.3, -0.25) is 4.79 Å². The monoisotopic (exact) mass is 241 g/mol. The van der Waals surface area contributed by atoms with E-state index in [-0.39, 0.29) is 0 Å². The molecule has 0 fully saturated rings. The first-order valence-corrected chi connectivity index (χ1v) is 6.70. The molecule has 0 radical (unpaired) electrons. The van der Waals surface area contributed by atoms with Crippen molar-refractivity contribution in [3.8, 4) is 0 Å². The third kappa shape index (κ3) is 3.06. The van der Waals surface area contributed by atoms with Crippen LogP contribution < -0.4 is 4.72 Å². The van der Waals surface area contributed by atoms with Crippen molar-refractivity contribution in [3.63, 3.8) is 0 Å². The van der Waals surface area contributed by atoms with E-state index in [1.807, 2.05) is 23.8 Å². The Hall–Kier alpha value is -1.36. The van der Waals surface area contributed by atoms with E-state index in [4.69, 9.17) is 0 Å². The van der Waals surface area contributed by atoms with E-state index in [9.17, 15) is 13.2 Å². The molecule has 0 spiro atoms. The molecule has 1 N–H and O–H groups in total. The maximum atomic E-state index is 11.7. The Balaban J connectivity index is 3.19. The summed E-state index contributed by atoms with van der Waals surface area (Å²) in [7, 11) is -3.51. The molecule has 5 heteroatoms. The van der Waals surface area contributed by atoms with Gasteiger partial charge in [0.1, 0.15) is 0 Å². The average molecular weight is 241 g/mol. The van der Waals surface area contributed by atoms with Crippen molar-refractivity contribution >= 4 is 15.9 Å². The summed E-state index contributed by atoms with van der Waals surface area (Å²) in [6.07, 6.45) is 0.962. The first-order valence-electron chi connectivity index (χ1n) is 4.80. The van der Waals surface area contributed by atoms with E-state index >= 15 is 0 Å². The fourth-order valence-electron chi connectivity index (χ4n) is 1.76. The standard InChI is InChI=1S/C11H15NO3S/c1-7-5-8(2)10(9(3)6-7)11(13)12-16(4,14)15/h5-6H,1-4H3,(H,12,13). The van der Waals surface area contributed by atoms with Crippen LogP contribution in [0.5, 0.6) is 0 Å². The van der Waals surface area contributed by atoms with Gasteiger partial charge in [-0.2, -0.15) is 0 Å². The van der Waals surface area contributed by atoms with E-state index in [2.05, 4.69) is 0 Å². The fourth-order valence-corrected chi connectivity index (χ4v) is 2.20. The van der Waals surface area contributed by atoms with Crippen molar-refractivity contribution in [2.45, 2.75) is 20.8 Å². The van der Waals surface area contributed by atoms with Crippen LogP contribution in [0, 0.1) is 20.8 Å². The summed E-state index contributed by atoms with van der Waals surface area (Å²) in [6.45, 7) is 5.51. The summed E-state index contributed by atoms with van der Waals surface area (Å²) in [5, 5.41) is 0. The minimum atomic E-state index is -3.51. The second-order valence-electron chi connectivity index (χ2n) is 3.98. The molecule has 0 unspecified atom stereocenters. The van der Waals surface area contributed by atoms with Gasteiger partial charge in [-0.1, -0.05) is 17.7 Å². The summed E-state index contributed by atoms with van der Waals surface area (Å²) in [6, 6.07) is 3.70. The van der Waals surface area contributed by atoms with Gasteiger partial charge in [0, 0.05) is 5.56 Å². The van der Waals surface area contributed by atoms with Crippen LogP contribution in [0.4, 0.5) is 0 Å². The lowest BCUT2D eigenvalue weighted by Crippen LogP contribution is -2.30. The summed E-state index contributed by atoms with van der Waals surface area (Å²) in [5.41, 5.74) is 3.03. The minimum absolute atomic E-state index is 0.427. The van der Waals surface area contributed by atoms with Gasteiger partial charge in [0.25, 0.3) is 5.91 Å². The van der Waals surface area contributed by atoms with Gasteiger partial charge < -0.3 is 0 Å². The molecule has 0 atom stereocenters. The van der Waals surface area contributed by atoms with Crippen molar-refractivity contribution < 1.29 is 13.2 Å². The molecule has 4 nitrogen and oxygen atoms in total. The van der Waals surface area contributed by atoms with Crippen molar-refractivity contribution in [1.29, 1.82) is 0 Å². The highest BCUT2D eigenvalue weighted by Crippen LogP contribution is 2.16. The Bertz CT molecular complexity index is 509. The maximum absolute atomic E-state index is 11.7. The number of benzene rings is 1. The van der Waals surface area contributed by atoms with Gasteiger partial charge in [-0.25, -0.2) is 13.1 Å². The molecule has 0 aliphatic rings. The van der Waals surface area contributed by atoms with Crippen LogP contribution in [0.25, 0.3) is 0 Å². The Kier molecular flexibility index (Phi) is 3.38. The smallest absolute Gasteiger partial charge is 0.265 e. The Morgan fingerprint density at radius 1 is 1.12 bits per heavy atom. The quantitative estimate of drug-likeness (QED) is 0.849. The normalized spacial score (nSPS) is 11.2. The molecule has 16 heavy (non-hydrogen) atoms. The van der Waals surface area contributed by atoms with Crippen LogP contribution in [0.3, 0.4) is 0 Å². The van der Waals surface area contributed by atoms with Crippen LogP contribution in [0.1, 0.15) is 27.0 Å². The molecule has 0 aliphatic carbocycles. The van der Waals surface area contributed by atoms with Crippen molar-refractivity contribution in [3.05, 3.63) is 34.4 Å². The van der Waals surface area contributed by atoms with Crippen molar-refractivity contribution in [1.82, 2.24) is 4.72 Å². The van der Waals surface area contributed by atoms with Crippen molar-refractivity contribution in [2.75, 3.05) is 6.26 Å². The molecule has 1 rings (SSSR count). The number of hydrogen-bond acceptors (Lipinski definition) is 3. The molecule has 88 valence electrons. The summed E-state index contributed by atoms with van der Waals surface area (Å²) < 4.78 is 23.9.